The number of benzene rings is 1. The molecule has 2 rings (SSSR count). The molecule has 0 atom stereocenters. The SMILES string of the molecule is CCN(C)CCn1c(=S)[nH]c2cc(F)c(Br)cc21. The van der Waals surface area contributed by atoms with Gasteiger partial charge in [0.2, 0.25) is 0 Å². The van der Waals surface area contributed by atoms with Crippen molar-refractivity contribution in [2.75, 3.05) is 20.1 Å². The fraction of sp³-hybridized carbons (Fsp3) is 0.417. The molecule has 98 valence electrons. The first-order valence-electron chi connectivity index (χ1n) is 5.79. The molecule has 0 radical (unpaired) electrons. The molecule has 0 amide bonds. The maximum absolute atomic E-state index is 13.4. The molecular formula is C12H15BrFN3S. The van der Waals surface area contributed by atoms with Crippen LogP contribution in [0.1, 0.15) is 6.92 Å². The highest BCUT2D eigenvalue weighted by atomic mass is 79.9. The second-order valence-electron chi connectivity index (χ2n) is 4.26. The second-order valence-corrected chi connectivity index (χ2v) is 5.50. The Balaban J connectivity index is 2.41. The van der Waals surface area contributed by atoms with E-state index in [9.17, 15) is 4.39 Å². The summed E-state index contributed by atoms with van der Waals surface area (Å²) in [6.45, 7) is 4.81. The lowest BCUT2D eigenvalue weighted by Gasteiger charge is -2.14. The van der Waals surface area contributed by atoms with Gasteiger partial charge < -0.3 is 14.5 Å². The van der Waals surface area contributed by atoms with Crippen molar-refractivity contribution in [1.29, 1.82) is 0 Å². The predicted molar refractivity (Wildman–Crippen MR) is 78.0 cm³/mol. The standard InChI is InChI=1S/C12H15BrFN3S/c1-3-16(2)4-5-17-11-6-8(13)9(14)7-10(11)15-12(17)18/h6-7H,3-5H2,1-2H3,(H,15,18). The van der Waals surface area contributed by atoms with Crippen LogP contribution in [0.25, 0.3) is 11.0 Å². The Labute approximate surface area is 119 Å². The van der Waals surface area contributed by atoms with Gasteiger partial charge >= 0.3 is 0 Å². The summed E-state index contributed by atoms with van der Waals surface area (Å²) in [6, 6.07) is 3.23. The molecule has 1 aromatic heterocycles. The minimum atomic E-state index is -0.281. The zero-order valence-corrected chi connectivity index (χ0v) is 12.7. The second kappa shape index (κ2) is 5.50. The molecule has 0 unspecified atom stereocenters. The molecule has 0 aliphatic carbocycles. The average molecular weight is 332 g/mol. The van der Waals surface area contributed by atoms with E-state index in [0.29, 0.717) is 9.24 Å². The molecule has 0 aliphatic heterocycles. The van der Waals surface area contributed by atoms with Gasteiger partial charge in [-0.25, -0.2) is 4.39 Å². The van der Waals surface area contributed by atoms with Crippen LogP contribution in [0.15, 0.2) is 16.6 Å². The smallest absolute Gasteiger partial charge is 0.178 e. The van der Waals surface area contributed by atoms with E-state index in [1.54, 1.807) is 6.07 Å². The molecule has 0 spiro atoms. The number of nitrogens with one attached hydrogen (secondary N) is 1. The summed E-state index contributed by atoms with van der Waals surface area (Å²) >= 11 is 8.49. The summed E-state index contributed by atoms with van der Waals surface area (Å²) in [7, 11) is 2.06. The summed E-state index contributed by atoms with van der Waals surface area (Å²) in [5.41, 5.74) is 1.66. The van der Waals surface area contributed by atoms with Gasteiger partial charge in [0.1, 0.15) is 5.82 Å². The monoisotopic (exact) mass is 331 g/mol. The number of likely N-dealkylation sites (N-methyl/N-ethyl adjacent to an activating group) is 1. The molecule has 1 N–H and O–H groups in total. The number of nitrogens with zero attached hydrogens (tertiary/aromatic N) is 2. The van der Waals surface area contributed by atoms with Crippen LogP contribution in [0.5, 0.6) is 0 Å². The number of H-pyrrole nitrogens is 1. The highest BCUT2D eigenvalue weighted by Gasteiger charge is 2.09. The lowest BCUT2D eigenvalue weighted by Crippen LogP contribution is -2.22. The van der Waals surface area contributed by atoms with Gasteiger partial charge in [0.25, 0.3) is 0 Å². The third-order valence-electron chi connectivity index (χ3n) is 3.06. The third kappa shape index (κ3) is 2.65. The number of halogens is 2. The van der Waals surface area contributed by atoms with Crippen LogP contribution in [0.2, 0.25) is 0 Å². The number of aromatic amines is 1. The van der Waals surface area contributed by atoms with Crippen molar-refractivity contribution in [3.05, 3.63) is 27.2 Å². The minimum absolute atomic E-state index is 0.281. The van der Waals surface area contributed by atoms with Gasteiger partial charge in [0.05, 0.1) is 15.5 Å². The average Bonchev–Trinajstić information content (AvgIpc) is 2.62. The van der Waals surface area contributed by atoms with Crippen molar-refractivity contribution in [2.45, 2.75) is 13.5 Å². The van der Waals surface area contributed by atoms with Crippen LogP contribution >= 0.6 is 28.1 Å². The Kier molecular flexibility index (Phi) is 4.19. The number of fused-ring (bicyclic) bond motifs is 1. The molecule has 6 heteroatoms. The normalized spacial score (nSPS) is 11.6. The quantitative estimate of drug-likeness (QED) is 0.866. The predicted octanol–water partition coefficient (Wildman–Crippen LogP) is 3.55. The van der Waals surface area contributed by atoms with Gasteiger partial charge in [0, 0.05) is 19.2 Å². The fourth-order valence-corrected chi connectivity index (χ4v) is 2.43. The largest absolute Gasteiger partial charge is 0.330 e. The summed E-state index contributed by atoms with van der Waals surface area (Å²) in [5, 5.41) is 0. The van der Waals surface area contributed by atoms with E-state index in [0.717, 1.165) is 30.7 Å². The lowest BCUT2D eigenvalue weighted by molar-refractivity contribution is 0.336. The van der Waals surface area contributed by atoms with Crippen molar-refractivity contribution in [2.24, 2.45) is 0 Å². The summed E-state index contributed by atoms with van der Waals surface area (Å²) < 4.78 is 16.5. The Hall–Kier alpha value is -0.720. The van der Waals surface area contributed by atoms with E-state index in [1.165, 1.54) is 6.07 Å². The van der Waals surface area contributed by atoms with Crippen molar-refractivity contribution >= 4 is 39.2 Å². The fourth-order valence-electron chi connectivity index (χ4n) is 1.80. The zero-order chi connectivity index (χ0) is 13.3. The van der Waals surface area contributed by atoms with Crippen LogP contribution in [0, 0.1) is 10.6 Å². The van der Waals surface area contributed by atoms with E-state index in [-0.39, 0.29) is 5.82 Å². The van der Waals surface area contributed by atoms with Gasteiger partial charge in [-0.05, 0) is 47.8 Å². The Morgan fingerprint density at radius 1 is 1.50 bits per heavy atom. The van der Waals surface area contributed by atoms with Gasteiger partial charge in [-0.3, -0.25) is 0 Å². The molecule has 1 heterocycles. The van der Waals surface area contributed by atoms with E-state index in [2.05, 4.69) is 39.8 Å². The molecule has 18 heavy (non-hydrogen) atoms. The number of hydrogen-bond acceptors (Lipinski definition) is 2. The summed E-state index contributed by atoms with van der Waals surface area (Å²) in [5.74, 6) is -0.281. The molecule has 2 aromatic rings. The molecule has 1 aromatic carbocycles. The Morgan fingerprint density at radius 2 is 2.22 bits per heavy atom. The van der Waals surface area contributed by atoms with E-state index < -0.39 is 0 Å². The van der Waals surface area contributed by atoms with Crippen LogP contribution in [-0.4, -0.2) is 34.6 Å². The number of imidazole rings is 1. The Morgan fingerprint density at radius 3 is 2.89 bits per heavy atom. The van der Waals surface area contributed by atoms with Crippen LogP contribution in [0.3, 0.4) is 0 Å². The van der Waals surface area contributed by atoms with Crippen molar-refractivity contribution in [3.63, 3.8) is 0 Å². The number of hydrogen-bond donors (Lipinski definition) is 1. The first-order chi connectivity index (χ1) is 8.52. The number of rotatable bonds is 4. The van der Waals surface area contributed by atoms with Crippen LogP contribution in [0.4, 0.5) is 4.39 Å². The molecular weight excluding hydrogens is 317 g/mol. The first-order valence-corrected chi connectivity index (χ1v) is 6.99. The molecule has 0 saturated carbocycles. The highest BCUT2D eigenvalue weighted by molar-refractivity contribution is 9.10. The van der Waals surface area contributed by atoms with E-state index in [1.807, 2.05) is 4.57 Å². The van der Waals surface area contributed by atoms with Gasteiger partial charge in [-0.2, -0.15) is 0 Å². The summed E-state index contributed by atoms with van der Waals surface area (Å²) in [6.07, 6.45) is 0. The Bertz CT molecular complexity index is 620. The van der Waals surface area contributed by atoms with Gasteiger partial charge in [-0.15, -0.1) is 0 Å². The zero-order valence-electron chi connectivity index (χ0n) is 10.3. The molecule has 3 nitrogen and oxygen atoms in total. The molecule has 0 saturated heterocycles. The van der Waals surface area contributed by atoms with E-state index in [4.69, 9.17) is 12.2 Å². The van der Waals surface area contributed by atoms with Crippen molar-refractivity contribution < 1.29 is 4.39 Å². The third-order valence-corrected chi connectivity index (χ3v) is 3.99. The topological polar surface area (TPSA) is 24.0 Å². The van der Waals surface area contributed by atoms with Gasteiger partial charge in [0.15, 0.2) is 4.77 Å². The minimum Gasteiger partial charge on any atom is -0.330 e. The lowest BCUT2D eigenvalue weighted by atomic mass is 10.3. The summed E-state index contributed by atoms with van der Waals surface area (Å²) in [4.78, 5) is 5.24. The van der Waals surface area contributed by atoms with Crippen LogP contribution in [-0.2, 0) is 6.54 Å². The first kappa shape index (κ1) is 13.7. The number of aromatic nitrogens is 2. The molecule has 0 aliphatic rings. The molecule has 0 bridgehead atoms. The van der Waals surface area contributed by atoms with E-state index >= 15 is 0 Å². The molecule has 0 fully saturated rings. The van der Waals surface area contributed by atoms with Crippen molar-refractivity contribution in [1.82, 2.24) is 14.5 Å². The van der Waals surface area contributed by atoms with Crippen molar-refractivity contribution in [3.8, 4) is 0 Å². The highest BCUT2D eigenvalue weighted by Crippen LogP contribution is 2.23. The van der Waals surface area contributed by atoms with Gasteiger partial charge in [-0.1, -0.05) is 6.92 Å². The maximum Gasteiger partial charge on any atom is 0.178 e. The maximum atomic E-state index is 13.4. The van der Waals surface area contributed by atoms with Crippen LogP contribution < -0.4 is 0 Å².